The van der Waals surface area contributed by atoms with Crippen molar-refractivity contribution in [2.45, 2.75) is 126 Å². The molecule has 226 valence electrons. The smallest absolute Gasteiger partial charge is 0.408 e. The highest BCUT2D eigenvalue weighted by molar-refractivity contribution is 7.91. The van der Waals surface area contributed by atoms with Gasteiger partial charge in [0.1, 0.15) is 23.2 Å². The van der Waals surface area contributed by atoms with E-state index in [0.717, 1.165) is 19.3 Å². The first-order valence-electron chi connectivity index (χ1n) is 14.1. The summed E-state index contributed by atoms with van der Waals surface area (Å²) in [5, 5.41) is 15.1. The van der Waals surface area contributed by atoms with Gasteiger partial charge in [-0.05, 0) is 72.6 Å². The van der Waals surface area contributed by atoms with E-state index < -0.39 is 68.4 Å². The second-order valence-corrected chi connectivity index (χ2v) is 14.0. The highest BCUT2D eigenvalue weighted by atomic mass is 32.2. The monoisotopic (exact) mass is 584 g/mol. The van der Waals surface area contributed by atoms with Crippen LogP contribution in [0.2, 0.25) is 0 Å². The number of hydrogen-bond acceptors (Lipinski definition) is 8. The summed E-state index contributed by atoms with van der Waals surface area (Å²) in [5.74, 6) is -1.96. The number of amides is 4. The number of likely N-dealkylation sites (tertiary alicyclic amines) is 1. The number of ether oxygens (including phenoxy) is 1. The van der Waals surface area contributed by atoms with E-state index in [4.69, 9.17) is 4.74 Å². The summed E-state index contributed by atoms with van der Waals surface area (Å²) in [6, 6.07) is -2.05. The Balaban J connectivity index is 1.68. The number of unbranched alkanes of at least 4 members (excludes halogenated alkanes) is 3. The Morgan fingerprint density at radius 1 is 1.12 bits per heavy atom. The summed E-state index contributed by atoms with van der Waals surface area (Å²) in [6.07, 6.45) is 7.42. The van der Waals surface area contributed by atoms with Crippen LogP contribution < -0.4 is 15.4 Å². The van der Waals surface area contributed by atoms with Crippen molar-refractivity contribution < 1.29 is 37.4 Å². The number of carbonyl (C=O) groups excluding carboxylic acids is 4. The summed E-state index contributed by atoms with van der Waals surface area (Å²) in [6.45, 7) is 6.97. The number of β-amino-alcohol motifs (C(OH)–C–C–N with tert-alkyl or cyclic N) is 1. The van der Waals surface area contributed by atoms with Crippen molar-refractivity contribution in [3.05, 3.63) is 12.2 Å². The van der Waals surface area contributed by atoms with Gasteiger partial charge < -0.3 is 25.4 Å². The largest absolute Gasteiger partial charge is 0.444 e. The predicted octanol–water partition coefficient (Wildman–Crippen LogP) is 1.63. The second kappa shape index (κ2) is 12.9. The number of rotatable bonds is 13. The van der Waals surface area contributed by atoms with Gasteiger partial charge in [-0.1, -0.05) is 25.0 Å². The average Bonchev–Trinajstić information content (AvgIpc) is 3.77. The molecule has 40 heavy (non-hydrogen) atoms. The molecule has 12 nitrogen and oxygen atoms in total. The molecule has 3 fully saturated rings. The van der Waals surface area contributed by atoms with E-state index in [0.29, 0.717) is 25.7 Å². The number of aliphatic hydroxyl groups is 1. The highest BCUT2D eigenvalue weighted by Crippen LogP contribution is 2.37. The van der Waals surface area contributed by atoms with Crippen LogP contribution in [0.1, 0.15) is 91.9 Å². The fourth-order valence-corrected chi connectivity index (χ4v) is 6.09. The minimum Gasteiger partial charge on any atom is -0.444 e. The maximum Gasteiger partial charge on any atom is 0.408 e. The number of allylic oxidation sites excluding steroid dienone is 2. The summed E-state index contributed by atoms with van der Waals surface area (Å²) in [7, 11) is -3.78. The molecule has 4 amide bonds. The van der Waals surface area contributed by atoms with Gasteiger partial charge in [-0.3, -0.25) is 19.1 Å². The van der Waals surface area contributed by atoms with Gasteiger partial charge in [-0.15, -0.1) is 0 Å². The number of aliphatic hydroxyl groups excluding tert-OH is 1. The van der Waals surface area contributed by atoms with E-state index in [1.54, 1.807) is 20.8 Å². The Kier molecular flexibility index (Phi) is 10.3. The Bertz CT molecular complexity index is 1090. The number of nitrogens with zero attached hydrogens (tertiary/aromatic N) is 1. The molecule has 1 saturated heterocycles. The Morgan fingerprint density at radius 2 is 1.80 bits per heavy atom. The highest BCUT2D eigenvalue weighted by Gasteiger charge is 2.55. The molecule has 3 atom stereocenters. The first kappa shape index (κ1) is 31.9. The lowest BCUT2D eigenvalue weighted by Gasteiger charge is -2.30. The van der Waals surface area contributed by atoms with Crippen molar-refractivity contribution in [1.82, 2.24) is 20.3 Å². The summed E-state index contributed by atoms with van der Waals surface area (Å²) >= 11 is 0. The van der Waals surface area contributed by atoms with E-state index in [9.17, 15) is 32.7 Å². The maximum absolute atomic E-state index is 13.7. The van der Waals surface area contributed by atoms with Crippen molar-refractivity contribution in [2.24, 2.45) is 0 Å². The van der Waals surface area contributed by atoms with Crippen LogP contribution in [0.25, 0.3) is 0 Å². The number of hydrogen-bond donors (Lipinski definition) is 4. The van der Waals surface area contributed by atoms with Crippen LogP contribution in [0.3, 0.4) is 0 Å². The Hall–Kier alpha value is -2.67. The predicted molar refractivity (Wildman–Crippen MR) is 147 cm³/mol. The second-order valence-electron chi connectivity index (χ2n) is 12.0. The molecule has 2 saturated carbocycles. The number of sulfonamides is 1. The molecule has 0 aromatic carbocycles. The molecule has 13 heteroatoms. The van der Waals surface area contributed by atoms with Gasteiger partial charge in [0.2, 0.25) is 21.8 Å². The SMILES string of the molecule is CC=CCCCCC[C@H](NC(=O)OC(C)(C)C)C(=O)N1C[C@H](O)C[C@H]1C(=O)NC1(C(=O)NS(=O)(=O)C2CC2)CC1. The van der Waals surface area contributed by atoms with Gasteiger partial charge in [0, 0.05) is 13.0 Å². The fourth-order valence-electron chi connectivity index (χ4n) is 4.71. The van der Waals surface area contributed by atoms with E-state index in [-0.39, 0.29) is 25.8 Å². The van der Waals surface area contributed by atoms with E-state index in [1.807, 2.05) is 13.0 Å². The van der Waals surface area contributed by atoms with Crippen LogP contribution in [-0.4, -0.2) is 83.4 Å². The van der Waals surface area contributed by atoms with E-state index in [2.05, 4.69) is 21.4 Å². The third-order valence-electron chi connectivity index (χ3n) is 7.20. The zero-order valence-corrected chi connectivity index (χ0v) is 24.7. The lowest BCUT2D eigenvalue weighted by atomic mass is 10.0. The molecular weight excluding hydrogens is 540 g/mol. The zero-order valence-electron chi connectivity index (χ0n) is 23.9. The first-order chi connectivity index (χ1) is 18.7. The molecule has 0 unspecified atom stereocenters. The fraction of sp³-hybridized carbons (Fsp3) is 0.778. The molecule has 0 bridgehead atoms. The van der Waals surface area contributed by atoms with Crippen LogP contribution in [-0.2, 0) is 29.1 Å². The number of carbonyl (C=O) groups is 4. The lowest BCUT2D eigenvalue weighted by Crippen LogP contribution is -2.57. The first-order valence-corrected chi connectivity index (χ1v) is 15.7. The Morgan fingerprint density at radius 3 is 2.38 bits per heavy atom. The normalized spacial score (nSPS) is 23.0. The topological polar surface area (TPSA) is 171 Å². The summed E-state index contributed by atoms with van der Waals surface area (Å²) in [4.78, 5) is 53.5. The minimum absolute atomic E-state index is 0.0435. The number of alkyl carbamates (subject to hydrolysis) is 1. The third-order valence-corrected chi connectivity index (χ3v) is 9.02. The Labute approximate surface area is 236 Å². The van der Waals surface area contributed by atoms with Gasteiger partial charge in [0.15, 0.2) is 0 Å². The molecule has 0 aromatic rings. The van der Waals surface area contributed by atoms with Crippen LogP contribution in [0.5, 0.6) is 0 Å². The molecule has 1 aliphatic heterocycles. The molecule has 1 heterocycles. The van der Waals surface area contributed by atoms with Crippen molar-refractivity contribution in [3.8, 4) is 0 Å². The summed E-state index contributed by atoms with van der Waals surface area (Å²) in [5.41, 5.74) is -2.13. The van der Waals surface area contributed by atoms with Crippen LogP contribution in [0.4, 0.5) is 4.79 Å². The third kappa shape index (κ3) is 8.92. The van der Waals surface area contributed by atoms with Gasteiger partial charge in [-0.2, -0.15) is 0 Å². The van der Waals surface area contributed by atoms with Crippen LogP contribution >= 0.6 is 0 Å². The number of nitrogens with one attached hydrogen (secondary N) is 3. The van der Waals surface area contributed by atoms with Gasteiger partial charge in [-0.25, -0.2) is 13.2 Å². The van der Waals surface area contributed by atoms with E-state index >= 15 is 0 Å². The molecule has 4 N–H and O–H groups in total. The van der Waals surface area contributed by atoms with Crippen LogP contribution in [0, 0.1) is 0 Å². The molecule has 0 aromatic heterocycles. The van der Waals surface area contributed by atoms with Gasteiger partial charge in [0.25, 0.3) is 5.91 Å². The summed E-state index contributed by atoms with van der Waals surface area (Å²) < 4.78 is 31.9. The van der Waals surface area contributed by atoms with Crippen LogP contribution in [0.15, 0.2) is 12.2 Å². The molecule has 0 radical (unpaired) electrons. The van der Waals surface area contributed by atoms with Crippen molar-refractivity contribution in [2.75, 3.05) is 6.54 Å². The average molecular weight is 585 g/mol. The van der Waals surface area contributed by atoms with Gasteiger partial charge >= 0.3 is 6.09 Å². The maximum atomic E-state index is 13.7. The molecule has 3 rings (SSSR count). The van der Waals surface area contributed by atoms with Crippen molar-refractivity contribution >= 4 is 33.8 Å². The minimum atomic E-state index is -3.78. The van der Waals surface area contributed by atoms with Crippen molar-refractivity contribution in [3.63, 3.8) is 0 Å². The molecule has 0 spiro atoms. The molecule has 2 aliphatic carbocycles. The van der Waals surface area contributed by atoms with Crippen molar-refractivity contribution in [1.29, 1.82) is 0 Å². The zero-order chi connectivity index (χ0) is 29.7. The van der Waals surface area contributed by atoms with Gasteiger partial charge in [0.05, 0.1) is 11.4 Å². The lowest BCUT2D eigenvalue weighted by molar-refractivity contribution is -0.141. The standard InChI is InChI=1S/C27H44N4O8S/c1-5-6-7-8-9-10-11-20(28-25(36)39-26(2,3)4)23(34)31-17-18(32)16-21(31)22(33)29-27(14-15-27)24(35)30-40(37,38)19-12-13-19/h5-6,18-21,32H,7-17H2,1-4H3,(H,28,36)(H,29,33)(H,30,35)/t18-,20+,21+/m1/s1. The quantitative estimate of drug-likeness (QED) is 0.187. The molecular formula is C27H44N4O8S. The molecule has 3 aliphatic rings. The van der Waals surface area contributed by atoms with E-state index in [1.165, 1.54) is 4.90 Å².